The molecule has 0 amide bonds. The molecule has 12 heavy (non-hydrogen) atoms. The quantitative estimate of drug-likeness (QED) is 0.641. The Hall–Kier alpha value is -0.0800. The van der Waals surface area contributed by atoms with Gasteiger partial charge < -0.3 is 10.1 Å². The molecular formula is C10H19NO. The number of hydrogen-bond donors (Lipinski definition) is 1. The van der Waals surface area contributed by atoms with Crippen LogP contribution in [0.3, 0.4) is 0 Å². The third-order valence-corrected chi connectivity index (χ3v) is 3.49. The van der Waals surface area contributed by atoms with Gasteiger partial charge in [0, 0.05) is 31.2 Å². The van der Waals surface area contributed by atoms with Gasteiger partial charge in [-0.2, -0.15) is 0 Å². The molecule has 0 radical (unpaired) electrons. The predicted molar refractivity (Wildman–Crippen MR) is 49.1 cm³/mol. The van der Waals surface area contributed by atoms with Crippen LogP contribution in [0.15, 0.2) is 0 Å². The Morgan fingerprint density at radius 3 is 2.42 bits per heavy atom. The molecule has 70 valence electrons. The fourth-order valence-electron chi connectivity index (χ4n) is 2.72. The van der Waals surface area contributed by atoms with E-state index in [2.05, 4.69) is 19.2 Å². The van der Waals surface area contributed by atoms with E-state index >= 15 is 0 Å². The van der Waals surface area contributed by atoms with Gasteiger partial charge in [-0.1, -0.05) is 13.8 Å². The zero-order chi connectivity index (χ0) is 8.60. The zero-order valence-corrected chi connectivity index (χ0v) is 8.10. The lowest BCUT2D eigenvalue weighted by atomic mass is 9.64. The fraction of sp³-hybridized carbons (Fsp3) is 1.00. The topological polar surface area (TPSA) is 21.3 Å². The van der Waals surface area contributed by atoms with E-state index in [-0.39, 0.29) is 0 Å². The molecule has 0 saturated carbocycles. The summed E-state index contributed by atoms with van der Waals surface area (Å²) >= 11 is 0. The Balaban J connectivity index is 2.00. The molecule has 0 aromatic rings. The van der Waals surface area contributed by atoms with Gasteiger partial charge in [-0.15, -0.1) is 0 Å². The van der Waals surface area contributed by atoms with Crippen LogP contribution in [0.2, 0.25) is 0 Å². The molecule has 1 atom stereocenters. The lowest BCUT2D eigenvalue weighted by Crippen LogP contribution is -2.66. The van der Waals surface area contributed by atoms with Gasteiger partial charge >= 0.3 is 0 Å². The Morgan fingerprint density at radius 2 is 2.00 bits per heavy atom. The van der Waals surface area contributed by atoms with Crippen molar-refractivity contribution in [2.75, 3.05) is 19.8 Å². The zero-order valence-electron chi connectivity index (χ0n) is 8.10. The number of hydrogen-bond acceptors (Lipinski definition) is 2. The van der Waals surface area contributed by atoms with Gasteiger partial charge in [-0.3, -0.25) is 0 Å². The minimum absolute atomic E-state index is 0.604. The molecule has 2 fully saturated rings. The van der Waals surface area contributed by atoms with E-state index in [0.717, 1.165) is 25.2 Å². The smallest absolute Gasteiger partial charge is 0.0472 e. The molecule has 0 aromatic heterocycles. The molecule has 1 spiro atoms. The van der Waals surface area contributed by atoms with Gasteiger partial charge in [0.1, 0.15) is 0 Å². The van der Waals surface area contributed by atoms with E-state index in [4.69, 9.17) is 4.74 Å². The monoisotopic (exact) mass is 169 g/mol. The summed E-state index contributed by atoms with van der Waals surface area (Å²) in [5, 5.41) is 3.55. The molecule has 2 nitrogen and oxygen atoms in total. The van der Waals surface area contributed by atoms with Crippen LogP contribution in [0.5, 0.6) is 0 Å². The van der Waals surface area contributed by atoms with Crippen LogP contribution < -0.4 is 5.32 Å². The SMILES string of the molecule is CC(C)[C@@H]1NCC12CCOCC2. The standard InChI is InChI=1S/C10H19NO/c1-8(2)9-10(7-11-9)3-5-12-6-4-10/h8-9,11H,3-7H2,1-2H3/t9-/m0/s1. The van der Waals surface area contributed by atoms with Gasteiger partial charge in [0.25, 0.3) is 0 Å². The van der Waals surface area contributed by atoms with Crippen LogP contribution >= 0.6 is 0 Å². The van der Waals surface area contributed by atoms with E-state index in [1.54, 1.807) is 0 Å². The van der Waals surface area contributed by atoms with Crippen LogP contribution in [-0.4, -0.2) is 25.8 Å². The summed E-state index contributed by atoms with van der Waals surface area (Å²) in [7, 11) is 0. The van der Waals surface area contributed by atoms with Crippen LogP contribution in [-0.2, 0) is 4.74 Å². The Bertz CT molecular complexity index is 161. The van der Waals surface area contributed by atoms with Crippen LogP contribution in [0.1, 0.15) is 26.7 Å². The molecule has 2 saturated heterocycles. The Morgan fingerprint density at radius 1 is 1.33 bits per heavy atom. The normalized spacial score (nSPS) is 33.8. The maximum absolute atomic E-state index is 5.40. The Labute approximate surface area is 74.7 Å². The summed E-state index contributed by atoms with van der Waals surface area (Å²) in [6, 6.07) is 0.751. The molecular weight excluding hydrogens is 150 g/mol. The summed E-state index contributed by atoms with van der Waals surface area (Å²) in [4.78, 5) is 0. The lowest BCUT2D eigenvalue weighted by Gasteiger charge is -2.54. The molecule has 2 heteroatoms. The first kappa shape index (κ1) is 8.52. The van der Waals surface area contributed by atoms with E-state index in [1.807, 2.05) is 0 Å². The first-order chi connectivity index (χ1) is 5.75. The summed E-state index contributed by atoms with van der Waals surface area (Å²) < 4.78 is 5.40. The minimum Gasteiger partial charge on any atom is -0.381 e. The highest BCUT2D eigenvalue weighted by Gasteiger charge is 2.48. The van der Waals surface area contributed by atoms with Crippen molar-refractivity contribution >= 4 is 0 Å². The van der Waals surface area contributed by atoms with Crippen molar-refractivity contribution in [2.45, 2.75) is 32.7 Å². The van der Waals surface area contributed by atoms with E-state index in [1.165, 1.54) is 19.4 Å². The van der Waals surface area contributed by atoms with Crippen molar-refractivity contribution in [1.29, 1.82) is 0 Å². The van der Waals surface area contributed by atoms with Gasteiger partial charge in [0.15, 0.2) is 0 Å². The average Bonchev–Trinajstić information content (AvgIpc) is 2.03. The second-order valence-corrected chi connectivity index (χ2v) is 4.58. The van der Waals surface area contributed by atoms with Gasteiger partial charge in [-0.25, -0.2) is 0 Å². The van der Waals surface area contributed by atoms with Crippen molar-refractivity contribution in [3.63, 3.8) is 0 Å². The van der Waals surface area contributed by atoms with Crippen LogP contribution in [0, 0.1) is 11.3 Å². The minimum atomic E-state index is 0.604. The highest BCUT2D eigenvalue weighted by Crippen LogP contribution is 2.42. The number of ether oxygens (including phenoxy) is 1. The molecule has 2 aliphatic rings. The second-order valence-electron chi connectivity index (χ2n) is 4.58. The molecule has 0 bridgehead atoms. The van der Waals surface area contributed by atoms with Crippen molar-refractivity contribution in [3.05, 3.63) is 0 Å². The first-order valence-corrected chi connectivity index (χ1v) is 5.06. The first-order valence-electron chi connectivity index (χ1n) is 5.06. The summed E-state index contributed by atoms with van der Waals surface area (Å²) in [5.41, 5.74) is 0.604. The highest BCUT2D eigenvalue weighted by atomic mass is 16.5. The molecule has 2 heterocycles. The van der Waals surface area contributed by atoms with Gasteiger partial charge in [0.2, 0.25) is 0 Å². The summed E-state index contributed by atoms with van der Waals surface area (Å²) in [6.45, 7) is 7.80. The molecule has 1 N–H and O–H groups in total. The largest absolute Gasteiger partial charge is 0.381 e. The van der Waals surface area contributed by atoms with Crippen molar-refractivity contribution < 1.29 is 4.74 Å². The second kappa shape index (κ2) is 3.00. The Kier molecular flexibility index (Phi) is 2.13. The van der Waals surface area contributed by atoms with Gasteiger partial charge in [0.05, 0.1) is 0 Å². The lowest BCUT2D eigenvalue weighted by molar-refractivity contribution is -0.0597. The van der Waals surface area contributed by atoms with Gasteiger partial charge in [-0.05, 0) is 18.8 Å². The molecule has 2 aliphatic heterocycles. The predicted octanol–water partition coefficient (Wildman–Crippen LogP) is 1.41. The fourth-order valence-corrected chi connectivity index (χ4v) is 2.72. The number of nitrogens with one attached hydrogen (secondary N) is 1. The van der Waals surface area contributed by atoms with Crippen molar-refractivity contribution in [1.82, 2.24) is 5.32 Å². The molecule has 2 rings (SSSR count). The molecule has 0 unspecified atom stereocenters. The third-order valence-electron chi connectivity index (χ3n) is 3.49. The summed E-state index contributed by atoms with van der Waals surface area (Å²) in [6.07, 6.45) is 2.53. The highest BCUT2D eigenvalue weighted by molar-refractivity contribution is 5.03. The molecule has 0 aromatic carbocycles. The number of rotatable bonds is 1. The average molecular weight is 169 g/mol. The van der Waals surface area contributed by atoms with E-state index < -0.39 is 0 Å². The van der Waals surface area contributed by atoms with E-state index in [9.17, 15) is 0 Å². The van der Waals surface area contributed by atoms with Crippen LogP contribution in [0.4, 0.5) is 0 Å². The third kappa shape index (κ3) is 1.17. The van der Waals surface area contributed by atoms with Crippen molar-refractivity contribution in [3.8, 4) is 0 Å². The maximum atomic E-state index is 5.40. The van der Waals surface area contributed by atoms with Crippen molar-refractivity contribution in [2.24, 2.45) is 11.3 Å². The molecule has 0 aliphatic carbocycles. The van der Waals surface area contributed by atoms with E-state index in [0.29, 0.717) is 5.41 Å². The summed E-state index contributed by atoms with van der Waals surface area (Å²) in [5.74, 6) is 0.775. The van der Waals surface area contributed by atoms with Crippen LogP contribution in [0.25, 0.3) is 0 Å². The maximum Gasteiger partial charge on any atom is 0.0472 e.